The summed E-state index contributed by atoms with van der Waals surface area (Å²) >= 11 is 0. The molecule has 0 amide bonds. The number of nitrogens with zero attached hydrogens (tertiary/aromatic N) is 2. The Morgan fingerprint density at radius 1 is 1.11 bits per heavy atom. The summed E-state index contributed by atoms with van der Waals surface area (Å²) in [5.41, 5.74) is 0.569. The topological polar surface area (TPSA) is 81.5 Å². The van der Waals surface area contributed by atoms with Gasteiger partial charge in [-0.05, 0) is 24.3 Å². The average molecular weight is 260 g/mol. The second-order valence-corrected chi connectivity index (χ2v) is 3.65. The van der Waals surface area contributed by atoms with Gasteiger partial charge >= 0.3 is 5.97 Å². The molecule has 6 nitrogen and oxygen atoms in total. The van der Waals surface area contributed by atoms with Crippen molar-refractivity contribution in [2.45, 2.75) is 0 Å². The van der Waals surface area contributed by atoms with Crippen molar-refractivity contribution in [3.05, 3.63) is 36.0 Å². The van der Waals surface area contributed by atoms with Gasteiger partial charge in [-0.25, -0.2) is 9.78 Å². The van der Waals surface area contributed by atoms with Crippen LogP contribution in [-0.2, 0) is 0 Å². The van der Waals surface area contributed by atoms with Gasteiger partial charge in [0.1, 0.15) is 5.75 Å². The maximum Gasteiger partial charge on any atom is 0.354 e. The summed E-state index contributed by atoms with van der Waals surface area (Å²) in [6, 6.07) is 8.27. The monoisotopic (exact) mass is 260 g/mol. The molecule has 1 N–H and O–H groups in total. The first-order valence-electron chi connectivity index (χ1n) is 5.45. The fourth-order valence-corrected chi connectivity index (χ4v) is 1.51. The third-order valence-corrected chi connectivity index (χ3v) is 2.48. The molecule has 98 valence electrons. The molecule has 2 aromatic rings. The van der Waals surface area contributed by atoms with Crippen molar-refractivity contribution in [1.82, 2.24) is 9.97 Å². The van der Waals surface area contributed by atoms with Gasteiger partial charge in [-0.15, -0.1) is 0 Å². The average Bonchev–Trinajstić information content (AvgIpc) is 2.46. The Balaban J connectivity index is 2.47. The zero-order chi connectivity index (χ0) is 13.8. The van der Waals surface area contributed by atoms with Crippen LogP contribution in [0.2, 0.25) is 0 Å². The van der Waals surface area contributed by atoms with Crippen LogP contribution < -0.4 is 9.47 Å². The summed E-state index contributed by atoms with van der Waals surface area (Å²) in [4.78, 5) is 19.1. The van der Waals surface area contributed by atoms with E-state index < -0.39 is 5.97 Å². The summed E-state index contributed by atoms with van der Waals surface area (Å²) in [6.07, 6.45) is 0. The summed E-state index contributed by atoms with van der Waals surface area (Å²) in [6.45, 7) is 0. The molecular formula is C13H12N2O4. The van der Waals surface area contributed by atoms with Crippen molar-refractivity contribution in [2.24, 2.45) is 0 Å². The van der Waals surface area contributed by atoms with Crippen LogP contribution in [0.25, 0.3) is 11.4 Å². The fourth-order valence-electron chi connectivity index (χ4n) is 1.51. The molecule has 0 unspecified atom stereocenters. The Bertz CT molecular complexity index is 596. The molecule has 2 rings (SSSR count). The van der Waals surface area contributed by atoms with Gasteiger partial charge in [0.15, 0.2) is 11.5 Å². The number of methoxy groups -OCH3 is 2. The number of aromatic carboxylic acids is 1. The maximum absolute atomic E-state index is 11.0. The minimum atomic E-state index is -1.13. The lowest BCUT2D eigenvalue weighted by atomic mass is 10.2. The molecule has 0 radical (unpaired) electrons. The molecule has 0 saturated heterocycles. The highest BCUT2D eigenvalue weighted by atomic mass is 16.5. The van der Waals surface area contributed by atoms with E-state index in [9.17, 15) is 4.79 Å². The van der Waals surface area contributed by atoms with Crippen LogP contribution >= 0.6 is 0 Å². The highest BCUT2D eigenvalue weighted by Gasteiger charge is 2.12. The number of rotatable bonds is 4. The molecule has 0 fully saturated rings. The fraction of sp³-hybridized carbons (Fsp3) is 0.154. The number of carbonyl (C=O) groups is 1. The smallest absolute Gasteiger partial charge is 0.354 e. The van der Waals surface area contributed by atoms with Crippen molar-refractivity contribution in [2.75, 3.05) is 14.2 Å². The van der Waals surface area contributed by atoms with Crippen LogP contribution in [0, 0.1) is 0 Å². The largest absolute Gasteiger partial charge is 0.497 e. The zero-order valence-electron chi connectivity index (χ0n) is 10.5. The molecule has 19 heavy (non-hydrogen) atoms. The van der Waals surface area contributed by atoms with Gasteiger partial charge in [0.05, 0.1) is 14.2 Å². The van der Waals surface area contributed by atoms with E-state index in [2.05, 4.69) is 9.97 Å². The summed E-state index contributed by atoms with van der Waals surface area (Å²) in [5.74, 6) is 0.0678. The van der Waals surface area contributed by atoms with Crippen molar-refractivity contribution < 1.29 is 19.4 Å². The number of hydrogen-bond donors (Lipinski definition) is 1. The molecule has 0 saturated carbocycles. The van der Waals surface area contributed by atoms with E-state index in [-0.39, 0.29) is 11.6 Å². The van der Waals surface area contributed by atoms with Gasteiger partial charge in [0, 0.05) is 11.6 Å². The SMILES string of the molecule is COc1ccc(-c2nc(OC)cc(C(=O)O)n2)cc1. The standard InChI is InChI=1S/C13H12N2O4/c1-18-9-5-3-8(4-6-9)12-14-10(13(16)17)7-11(15-12)19-2/h3-7H,1-2H3,(H,16,17). The summed E-state index contributed by atoms with van der Waals surface area (Å²) in [7, 11) is 2.99. The Labute approximate surface area is 109 Å². The third-order valence-electron chi connectivity index (χ3n) is 2.48. The number of ether oxygens (including phenoxy) is 2. The second kappa shape index (κ2) is 5.34. The minimum absolute atomic E-state index is 0.113. The number of benzene rings is 1. The third kappa shape index (κ3) is 2.79. The van der Waals surface area contributed by atoms with E-state index in [0.717, 1.165) is 0 Å². The van der Waals surface area contributed by atoms with E-state index in [4.69, 9.17) is 14.6 Å². The van der Waals surface area contributed by atoms with Crippen LogP contribution in [0.5, 0.6) is 11.6 Å². The quantitative estimate of drug-likeness (QED) is 0.903. The number of aromatic nitrogens is 2. The molecule has 0 atom stereocenters. The molecule has 0 aliphatic carbocycles. The maximum atomic E-state index is 11.0. The molecule has 0 aliphatic rings. The zero-order valence-corrected chi connectivity index (χ0v) is 10.5. The molecule has 1 aromatic heterocycles. The molecule has 0 bridgehead atoms. The van der Waals surface area contributed by atoms with E-state index in [0.29, 0.717) is 17.1 Å². The highest BCUT2D eigenvalue weighted by molar-refractivity contribution is 5.86. The van der Waals surface area contributed by atoms with Crippen LogP contribution in [0.4, 0.5) is 0 Å². The van der Waals surface area contributed by atoms with Gasteiger partial charge in [0.2, 0.25) is 5.88 Å². The molecular weight excluding hydrogens is 248 g/mol. The Morgan fingerprint density at radius 2 is 1.79 bits per heavy atom. The van der Waals surface area contributed by atoms with Crippen molar-refractivity contribution >= 4 is 5.97 Å². The van der Waals surface area contributed by atoms with E-state index in [1.54, 1.807) is 31.4 Å². The normalized spacial score (nSPS) is 10.0. The lowest BCUT2D eigenvalue weighted by molar-refractivity contribution is 0.0690. The van der Waals surface area contributed by atoms with Crippen molar-refractivity contribution in [3.8, 4) is 23.0 Å². The van der Waals surface area contributed by atoms with Gasteiger partial charge < -0.3 is 14.6 Å². The van der Waals surface area contributed by atoms with Crippen molar-refractivity contribution in [3.63, 3.8) is 0 Å². The number of hydrogen-bond acceptors (Lipinski definition) is 5. The Kier molecular flexibility index (Phi) is 3.61. The van der Waals surface area contributed by atoms with Gasteiger partial charge in [-0.1, -0.05) is 0 Å². The van der Waals surface area contributed by atoms with Gasteiger partial charge in [-0.3, -0.25) is 0 Å². The first kappa shape index (κ1) is 12.8. The summed E-state index contributed by atoms with van der Waals surface area (Å²) < 4.78 is 10.0. The predicted molar refractivity (Wildman–Crippen MR) is 67.5 cm³/mol. The van der Waals surface area contributed by atoms with Crippen LogP contribution in [0.15, 0.2) is 30.3 Å². The molecule has 0 spiro atoms. The van der Waals surface area contributed by atoms with Crippen LogP contribution in [-0.4, -0.2) is 35.3 Å². The van der Waals surface area contributed by atoms with E-state index in [1.807, 2.05) is 0 Å². The number of carboxylic acid groups (broad SMARTS) is 1. The Hall–Kier alpha value is -2.63. The molecule has 1 heterocycles. The first-order chi connectivity index (χ1) is 9.13. The second-order valence-electron chi connectivity index (χ2n) is 3.65. The van der Waals surface area contributed by atoms with E-state index >= 15 is 0 Å². The van der Waals surface area contributed by atoms with Crippen LogP contribution in [0.1, 0.15) is 10.5 Å². The molecule has 0 aliphatic heterocycles. The number of carboxylic acids is 1. The van der Waals surface area contributed by atoms with E-state index in [1.165, 1.54) is 13.2 Å². The lowest BCUT2D eigenvalue weighted by Crippen LogP contribution is -2.04. The Morgan fingerprint density at radius 3 is 2.32 bits per heavy atom. The highest BCUT2D eigenvalue weighted by Crippen LogP contribution is 2.21. The molecule has 6 heteroatoms. The molecule has 1 aromatic carbocycles. The minimum Gasteiger partial charge on any atom is -0.497 e. The van der Waals surface area contributed by atoms with Gasteiger partial charge in [0.25, 0.3) is 0 Å². The van der Waals surface area contributed by atoms with Crippen molar-refractivity contribution in [1.29, 1.82) is 0 Å². The first-order valence-corrected chi connectivity index (χ1v) is 5.45. The summed E-state index contributed by atoms with van der Waals surface area (Å²) in [5, 5.41) is 8.99. The lowest BCUT2D eigenvalue weighted by Gasteiger charge is -2.06. The van der Waals surface area contributed by atoms with Gasteiger partial charge in [-0.2, -0.15) is 4.98 Å². The van der Waals surface area contributed by atoms with Crippen LogP contribution in [0.3, 0.4) is 0 Å². The predicted octanol–water partition coefficient (Wildman–Crippen LogP) is 1.86.